The second kappa shape index (κ2) is 11.7. The van der Waals surface area contributed by atoms with Crippen LogP contribution in [-0.2, 0) is 14.3 Å². The van der Waals surface area contributed by atoms with Gasteiger partial charge in [-0.1, -0.05) is 37.6 Å². The molecule has 0 bridgehead atoms. The number of nitrogens with one attached hydrogen (secondary N) is 1. The van der Waals surface area contributed by atoms with Gasteiger partial charge in [-0.2, -0.15) is 0 Å². The Hall–Kier alpha value is -3.12. The van der Waals surface area contributed by atoms with Crippen molar-refractivity contribution in [3.8, 4) is 5.75 Å². The molecule has 0 atom stereocenters. The molecule has 0 spiro atoms. The molecule has 6 nitrogen and oxygen atoms in total. The van der Waals surface area contributed by atoms with Crippen molar-refractivity contribution in [2.75, 3.05) is 31.7 Å². The summed E-state index contributed by atoms with van der Waals surface area (Å²) < 4.78 is 11.1. The van der Waals surface area contributed by atoms with Crippen LogP contribution in [0, 0.1) is 13.8 Å². The molecule has 0 radical (unpaired) electrons. The lowest BCUT2D eigenvalue weighted by Crippen LogP contribution is -2.34. The summed E-state index contributed by atoms with van der Waals surface area (Å²) in [6.45, 7) is 10.2. The smallest absolute Gasteiger partial charge is 0.278 e. The number of carbonyl (C=O) groups excluding carboxylic acids is 2. The highest BCUT2D eigenvalue weighted by Gasteiger charge is 2.39. The van der Waals surface area contributed by atoms with Gasteiger partial charge in [-0.15, -0.1) is 0 Å². The van der Waals surface area contributed by atoms with E-state index in [2.05, 4.69) is 12.2 Å². The van der Waals surface area contributed by atoms with E-state index in [0.29, 0.717) is 49.6 Å². The molecule has 176 valence electrons. The molecule has 0 unspecified atom stereocenters. The van der Waals surface area contributed by atoms with Gasteiger partial charge in [0, 0.05) is 25.4 Å². The Labute approximate surface area is 196 Å². The summed E-state index contributed by atoms with van der Waals surface area (Å²) in [6, 6.07) is 13.2. The Morgan fingerprint density at radius 2 is 1.64 bits per heavy atom. The third-order valence-electron chi connectivity index (χ3n) is 5.80. The number of hydrogen-bond acceptors (Lipinski definition) is 5. The largest absolute Gasteiger partial charge is 0.494 e. The molecule has 0 aliphatic carbocycles. The lowest BCUT2D eigenvalue weighted by Gasteiger charge is -2.16. The summed E-state index contributed by atoms with van der Waals surface area (Å²) in [4.78, 5) is 28.1. The predicted molar refractivity (Wildman–Crippen MR) is 131 cm³/mol. The highest BCUT2D eigenvalue weighted by Crippen LogP contribution is 2.32. The van der Waals surface area contributed by atoms with Gasteiger partial charge >= 0.3 is 0 Å². The third-order valence-corrected chi connectivity index (χ3v) is 5.80. The Balaban J connectivity index is 1.87. The number of nitrogens with zero attached hydrogens (tertiary/aromatic N) is 1. The van der Waals surface area contributed by atoms with Gasteiger partial charge in [-0.05, 0) is 68.5 Å². The molecule has 33 heavy (non-hydrogen) atoms. The second-order valence-electron chi connectivity index (χ2n) is 8.16. The minimum Gasteiger partial charge on any atom is -0.494 e. The minimum absolute atomic E-state index is 0.287. The SMILES string of the molecule is CCCCOCCCN1C(=O)C(Nc2cccc(C)c2C)=C(c2ccc(OCC)cc2)C1=O. The van der Waals surface area contributed by atoms with E-state index in [1.54, 1.807) is 0 Å². The van der Waals surface area contributed by atoms with Crippen molar-refractivity contribution in [3.05, 3.63) is 64.9 Å². The van der Waals surface area contributed by atoms with E-state index in [1.807, 2.05) is 63.2 Å². The van der Waals surface area contributed by atoms with Crippen molar-refractivity contribution < 1.29 is 19.1 Å². The van der Waals surface area contributed by atoms with Crippen molar-refractivity contribution in [3.63, 3.8) is 0 Å². The summed E-state index contributed by atoms with van der Waals surface area (Å²) in [6.07, 6.45) is 2.69. The first-order valence-electron chi connectivity index (χ1n) is 11.7. The van der Waals surface area contributed by atoms with Crippen molar-refractivity contribution in [2.24, 2.45) is 0 Å². The van der Waals surface area contributed by atoms with Crippen LogP contribution in [0.4, 0.5) is 5.69 Å². The van der Waals surface area contributed by atoms with Gasteiger partial charge < -0.3 is 14.8 Å². The summed E-state index contributed by atoms with van der Waals surface area (Å²) in [5, 5.41) is 3.27. The normalized spacial score (nSPS) is 13.8. The van der Waals surface area contributed by atoms with Gasteiger partial charge in [0.2, 0.25) is 0 Å². The zero-order valence-corrected chi connectivity index (χ0v) is 20.1. The van der Waals surface area contributed by atoms with Crippen LogP contribution in [0.5, 0.6) is 5.75 Å². The van der Waals surface area contributed by atoms with Crippen LogP contribution in [0.2, 0.25) is 0 Å². The lowest BCUT2D eigenvalue weighted by molar-refractivity contribution is -0.137. The number of ether oxygens (including phenoxy) is 2. The molecule has 2 aromatic carbocycles. The van der Waals surface area contributed by atoms with Crippen LogP contribution in [0.15, 0.2) is 48.2 Å². The van der Waals surface area contributed by atoms with Gasteiger partial charge in [-0.3, -0.25) is 14.5 Å². The van der Waals surface area contributed by atoms with Crippen LogP contribution >= 0.6 is 0 Å². The highest BCUT2D eigenvalue weighted by molar-refractivity contribution is 6.36. The molecule has 6 heteroatoms. The summed E-state index contributed by atoms with van der Waals surface area (Å²) in [5.41, 5.74) is 4.35. The molecular weight excluding hydrogens is 416 g/mol. The van der Waals surface area contributed by atoms with Crippen molar-refractivity contribution in [2.45, 2.75) is 47.0 Å². The maximum absolute atomic E-state index is 13.4. The highest BCUT2D eigenvalue weighted by atomic mass is 16.5. The van der Waals surface area contributed by atoms with Crippen molar-refractivity contribution in [1.82, 2.24) is 4.90 Å². The number of amides is 2. The average Bonchev–Trinajstić information content (AvgIpc) is 3.04. The van der Waals surface area contributed by atoms with Gasteiger partial charge in [0.15, 0.2) is 0 Å². The number of imide groups is 1. The zero-order valence-electron chi connectivity index (χ0n) is 20.1. The predicted octanol–water partition coefficient (Wildman–Crippen LogP) is 5.10. The summed E-state index contributed by atoms with van der Waals surface area (Å²) in [5.74, 6) is 0.132. The Bertz CT molecular complexity index is 1010. The molecule has 0 fully saturated rings. The van der Waals surface area contributed by atoms with Crippen LogP contribution in [0.1, 0.15) is 49.8 Å². The maximum Gasteiger partial charge on any atom is 0.278 e. The first kappa shape index (κ1) is 24.5. The molecule has 1 heterocycles. The Kier molecular flexibility index (Phi) is 8.66. The topological polar surface area (TPSA) is 67.9 Å². The molecule has 3 rings (SSSR count). The van der Waals surface area contributed by atoms with E-state index in [1.165, 1.54) is 4.90 Å². The number of anilines is 1. The second-order valence-corrected chi connectivity index (χ2v) is 8.16. The molecule has 0 saturated heterocycles. The van der Waals surface area contributed by atoms with Crippen LogP contribution in [-0.4, -0.2) is 43.1 Å². The van der Waals surface area contributed by atoms with Crippen LogP contribution < -0.4 is 10.1 Å². The fourth-order valence-electron chi connectivity index (χ4n) is 3.74. The number of carbonyl (C=O) groups is 2. The van der Waals surface area contributed by atoms with Gasteiger partial charge in [-0.25, -0.2) is 0 Å². The van der Waals surface area contributed by atoms with E-state index in [-0.39, 0.29) is 11.8 Å². The van der Waals surface area contributed by atoms with Crippen LogP contribution in [0.3, 0.4) is 0 Å². The van der Waals surface area contributed by atoms with Crippen LogP contribution in [0.25, 0.3) is 5.57 Å². The summed E-state index contributed by atoms with van der Waals surface area (Å²) in [7, 11) is 0. The maximum atomic E-state index is 13.4. The average molecular weight is 451 g/mol. The molecule has 2 amide bonds. The zero-order chi connectivity index (χ0) is 23.8. The van der Waals surface area contributed by atoms with E-state index in [4.69, 9.17) is 9.47 Å². The van der Waals surface area contributed by atoms with Crippen molar-refractivity contribution >= 4 is 23.1 Å². The number of rotatable bonds is 12. The first-order valence-corrected chi connectivity index (χ1v) is 11.7. The van der Waals surface area contributed by atoms with Gasteiger partial charge in [0.1, 0.15) is 11.4 Å². The fraction of sp³-hybridized carbons (Fsp3) is 0.407. The Morgan fingerprint density at radius 1 is 0.909 bits per heavy atom. The van der Waals surface area contributed by atoms with E-state index in [0.717, 1.165) is 35.4 Å². The lowest BCUT2D eigenvalue weighted by atomic mass is 10.0. The van der Waals surface area contributed by atoms with Gasteiger partial charge in [0.05, 0.1) is 12.2 Å². The van der Waals surface area contributed by atoms with Gasteiger partial charge in [0.25, 0.3) is 11.8 Å². The first-order chi connectivity index (χ1) is 16.0. The monoisotopic (exact) mass is 450 g/mol. The fourth-order valence-corrected chi connectivity index (χ4v) is 3.74. The number of aryl methyl sites for hydroxylation is 1. The molecule has 0 saturated carbocycles. The molecule has 1 N–H and O–H groups in total. The number of benzene rings is 2. The molecule has 2 aromatic rings. The molecule has 1 aliphatic rings. The van der Waals surface area contributed by atoms with Crippen molar-refractivity contribution in [1.29, 1.82) is 0 Å². The quantitative estimate of drug-likeness (QED) is 0.360. The summed E-state index contributed by atoms with van der Waals surface area (Å²) >= 11 is 0. The third kappa shape index (κ3) is 5.82. The minimum atomic E-state index is -0.307. The standard InChI is InChI=1S/C27H34N2O4/c1-5-7-17-32-18-9-16-29-26(30)24(21-12-14-22(15-13-21)33-6-2)25(27(29)31)28-23-11-8-10-19(3)20(23)4/h8,10-15,28H,5-7,9,16-18H2,1-4H3. The molecule has 1 aliphatic heterocycles. The van der Waals surface area contributed by atoms with E-state index < -0.39 is 0 Å². The molecule has 0 aromatic heterocycles. The number of unbranched alkanes of at least 4 members (excludes halogenated alkanes) is 1. The van der Waals surface area contributed by atoms with E-state index >= 15 is 0 Å². The van der Waals surface area contributed by atoms with E-state index in [9.17, 15) is 9.59 Å². The molecular formula is C27H34N2O4. The number of hydrogen-bond donors (Lipinski definition) is 1. The Morgan fingerprint density at radius 3 is 2.33 bits per heavy atom.